The van der Waals surface area contributed by atoms with Gasteiger partial charge in [0.25, 0.3) is 0 Å². The van der Waals surface area contributed by atoms with Crippen LogP contribution in [-0.2, 0) is 0 Å². The molecule has 1 heterocycles. The standard InChI is InChI=1S/C4H4N2O/c1-2-4-5-3-7-6-4/h2-3H,1H2. The van der Waals surface area contributed by atoms with Crippen molar-refractivity contribution in [2.75, 3.05) is 0 Å². The fourth-order valence-corrected chi connectivity index (χ4v) is 0.269. The zero-order chi connectivity index (χ0) is 5.11. The fraction of sp³-hybridized carbons (Fsp3) is 0. The van der Waals surface area contributed by atoms with Gasteiger partial charge in [0.1, 0.15) is 0 Å². The van der Waals surface area contributed by atoms with Crippen LogP contribution in [0.5, 0.6) is 0 Å². The summed E-state index contributed by atoms with van der Waals surface area (Å²) < 4.78 is 4.37. The molecule has 36 valence electrons. The van der Waals surface area contributed by atoms with Gasteiger partial charge in [-0.25, -0.2) is 0 Å². The van der Waals surface area contributed by atoms with Crippen LogP contribution in [0.1, 0.15) is 5.82 Å². The summed E-state index contributed by atoms with van der Waals surface area (Å²) in [7, 11) is 0. The predicted octanol–water partition coefficient (Wildman–Crippen LogP) is 0.713. The summed E-state index contributed by atoms with van der Waals surface area (Å²) in [6, 6.07) is 0. The van der Waals surface area contributed by atoms with E-state index in [1.54, 1.807) is 0 Å². The first kappa shape index (κ1) is 4.05. The zero-order valence-electron chi connectivity index (χ0n) is 3.66. The van der Waals surface area contributed by atoms with Crippen molar-refractivity contribution in [2.24, 2.45) is 0 Å². The minimum atomic E-state index is 0.528. The van der Waals surface area contributed by atoms with Crippen LogP contribution < -0.4 is 0 Å². The van der Waals surface area contributed by atoms with Crippen LogP contribution in [0, 0.1) is 0 Å². The van der Waals surface area contributed by atoms with Crippen molar-refractivity contribution in [3.63, 3.8) is 0 Å². The summed E-state index contributed by atoms with van der Waals surface area (Å²) in [5.74, 6) is 0.528. The molecule has 0 unspecified atom stereocenters. The molecule has 0 aliphatic carbocycles. The molecule has 1 rings (SSSR count). The maximum atomic E-state index is 4.37. The van der Waals surface area contributed by atoms with Gasteiger partial charge in [-0.3, -0.25) is 0 Å². The van der Waals surface area contributed by atoms with Gasteiger partial charge in [0.15, 0.2) is 5.82 Å². The van der Waals surface area contributed by atoms with E-state index in [1.807, 2.05) is 0 Å². The van der Waals surface area contributed by atoms with E-state index >= 15 is 0 Å². The van der Waals surface area contributed by atoms with E-state index in [-0.39, 0.29) is 0 Å². The first-order valence-electron chi connectivity index (χ1n) is 1.82. The first-order valence-corrected chi connectivity index (χ1v) is 1.82. The molecular formula is C4H4N2O. The molecule has 0 fully saturated rings. The van der Waals surface area contributed by atoms with E-state index in [4.69, 9.17) is 0 Å². The highest BCUT2D eigenvalue weighted by Gasteiger charge is 1.83. The number of rotatable bonds is 1. The molecule has 7 heavy (non-hydrogen) atoms. The average Bonchev–Trinajstić information content (AvgIpc) is 2.14. The molecule has 0 amide bonds. The normalized spacial score (nSPS) is 8.57. The van der Waals surface area contributed by atoms with E-state index in [9.17, 15) is 0 Å². The van der Waals surface area contributed by atoms with Crippen molar-refractivity contribution in [1.82, 2.24) is 10.1 Å². The Kier molecular flexibility index (Phi) is 0.898. The Bertz CT molecular complexity index is 145. The molecule has 0 bridgehead atoms. The van der Waals surface area contributed by atoms with E-state index < -0.39 is 0 Å². The Balaban J connectivity index is 2.96. The number of hydrogen-bond acceptors (Lipinski definition) is 3. The molecule has 3 nitrogen and oxygen atoms in total. The minimum Gasteiger partial charge on any atom is -0.342 e. The summed E-state index contributed by atoms with van der Waals surface area (Å²) in [4.78, 5) is 3.64. The quantitative estimate of drug-likeness (QED) is 0.516. The lowest BCUT2D eigenvalue weighted by atomic mass is 10.6. The number of hydrogen-bond donors (Lipinski definition) is 0. The Labute approximate surface area is 40.7 Å². The van der Waals surface area contributed by atoms with Crippen molar-refractivity contribution >= 4 is 6.08 Å². The molecule has 0 aromatic carbocycles. The summed E-state index contributed by atoms with van der Waals surface area (Å²) in [5.41, 5.74) is 0. The molecule has 3 heteroatoms. The Morgan fingerprint density at radius 1 is 1.86 bits per heavy atom. The van der Waals surface area contributed by atoms with Crippen LogP contribution in [0.3, 0.4) is 0 Å². The summed E-state index contributed by atoms with van der Waals surface area (Å²) in [6.45, 7) is 3.42. The molecule has 0 spiro atoms. The SMILES string of the molecule is C=Cc1ncon1. The van der Waals surface area contributed by atoms with Gasteiger partial charge < -0.3 is 4.52 Å². The fourth-order valence-electron chi connectivity index (χ4n) is 0.269. The highest BCUT2D eigenvalue weighted by Crippen LogP contribution is 1.85. The molecule has 0 aliphatic rings. The third kappa shape index (κ3) is 0.652. The lowest BCUT2D eigenvalue weighted by Crippen LogP contribution is -1.67. The Hall–Kier alpha value is -1.12. The lowest BCUT2D eigenvalue weighted by molar-refractivity contribution is 0.415. The summed E-state index contributed by atoms with van der Waals surface area (Å²) >= 11 is 0. The largest absolute Gasteiger partial charge is 0.342 e. The van der Waals surface area contributed by atoms with Gasteiger partial charge in [-0.05, 0) is 6.08 Å². The molecule has 0 N–H and O–H groups in total. The van der Waals surface area contributed by atoms with Gasteiger partial charge in [-0.15, -0.1) is 0 Å². The number of aromatic nitrogens is 2. The lowest BCUT2D eigenvalue weighted by Gasteiger charge is -1.65. The first-order chi connectivity index (χ1) is 3.43. The van der Waals surface area contributed by atoms with Gasteiger partial charge in [-0.2, -0.15) is 4.98 Å². The van der Waals surface area contributed by atoms with E-state index in [0.29, 0.717) is 5.82 Å². The second-order valence-electron chi connectivity index (χ2n) is 0.994. The molecule has 1 aromatic rings. The molecule has 0 aliphatic heterocycles. The second kappa shape index (κ2) is 1.55. The average molecular weight is 96.1 g/mol. The summed E-state index contributed by atoms with van der Waals surface area (Å²) in [6.07, 6.45) is 2.78. The highest BCUT2D eigenvalue weighted by molar-refractivity contribution is 5.33. The van der Waals surface area contributed by atoms with Crippen LogP contribution in [0.4, 0.5) is 0 Å². The summed E-state index contributed by atoms with van der Waals surface area (Å²) in [5, 5.41) is 3.43. The van der Waals surface area contributed by atoms with Crippen molar-refractivity contribution in [3.8, 4) is 0 Å². The predicted molar refractivity (Wildman–Crippen MR) is 24.4 cm³/mol. The van der Waals surface area contributed by atoms with Crippen LogP contribution in [-0.4, -0.2) is 10.1 Å². The molecule has 0 atom stereocenters. The van der Waals surface area contributed by atoms with Crippen molar-refractivity contribution in [1.29, 1.82) is 0 Å². The van der Waals surface area contributed by atoms with Gasteiger partial charge in [-0.1, -0.05) is 11.7 Å². The van der Waals surface area contributed by atoms with Crippen LogP contribution >= 0.6 is 0 Å². The van der Waals surface area contributed by atoms with Crippen LogP contribution in [0.15, 0.2) is 17.5 Å². The Morgan fingerprint density at radius 3 is 3.00 bits per heavy atom. The van der Waals surface area contributed by atoms with Crippen molar-refractivity contribution in [2.45, 2.75) is 0 Å². The van der Waals surface area contributed by atoms with Crippen LogP contribution in [0.2, 0.25) is 0 Å². The van der Waals surface area contributed by atoms with Gasteiger partial charge >= 0.3 is 0 Å². The number of nitrogens with zero attached hydrogens (tertiary/aromatic N) is 2. The van der Waals surface area contributed by atoms with E-state index in [0.717, 1.165) is 0 Å². The topological polar surface area (TPSA) is 38.9 Å². The highest BCUT2D eigenvalue weighted by atomic mass is 16.5. The van der Waals surface area contributed by atoms with Gasteiger partial charge in [0.05, 0.1) is 0 Å². The van der Waals surface area contributed by atoms with E-state index in [1.165, 1.54) is 12.5 Å². The zero-order valence-corrected chi connectivity index (χ0v) is 3.66. The third-order valence-electron chi connectivity index (χ3n) is 0.561. The molecule has 0 radical (unpaired) electrons. The van der Waals surface area contributed by atoms with Gasteiger partial charge in [0, 0.05) is 0 Å². The van der Waals surface area contributed by atoms with Crippen molar-refractivity contribution in [3.05, 3.63) is 18.8 Å². The maximum absolute atomic E-state index is 4.37. The van der Waals surface area contributed by atoms with Crippen LogP contribution in [0.25, 0.3) is 6.08 Å². The molecule has 0 saturated heterocycles. The smallest absolute Gasteiger partial charge is 0.214 e. The maximum Gasteiger partial charge on any atom is 0.214 e. The van der Waals surface area contributed by atoms with E-state index in [2.05, 4.69) is 21.2 Å². The second-order valence-corrected chi connectivity index (χ2v) is 0.994. The minimum absolute atomic E-state index is 0.528. The molecular weight excluding hydrogens is 92.1 g/mol. The van der Waals surface area contributed by atoms with Crippen molar-refractivity contribution < 1.29 is 4.52 Å². The monoisotopic (exact) mass is 96.0 g/mol. The molecule has 1 aromatic heterocycles. The third-order valence-corrected chi connectivity index (χ3v) is 0.561. The Morgan fingerprint density at radius 2 is 2.71 bits per heavy atom. The van der Waals surface area contributed by atoms with Gasteiger partial charge in [0.2, 0.25) is 6.39 Å². The molecule has 0 saturated carbocycles.